The number of nitro benzene ring substituents is 1. The Bertz CT molecular complexity index is 822. The fourth-order valence-electron chi connectivity index (χ4n) is 2.92. The predicted octanol–water partition coefficient (Wildman–Crippen LogP) is 2.48. The second-order valence-electron chi connectivity index (χ2n) is 6.14. The summed E-state index contributed by atoms with van der Waals surface area (Å²) >= 11 is 0. The van der Waals surface area contributed by atoms with Crippen molar-refractivity contribution < 1.29 is 14.5 Å². The number of carbonyl (C=O) groups is 1. The number of hydrogen-bond donors (Lipinski definition) is 1. The van der Waals surface area contributed by atoms with E-state index >= 15 is 0 Å². The standard InChI is InChI=1S/C18H19N3O4/c1-12-11-25-17-5-3-2-4-15(17)10-20(12)9-14-7-6-13(18(19)22)8-16(14)21(23)24/h2-8,12H,9-11H2,1H3,(H2,19,22). The van der Waals surface area contributed by atoms with Crippen molar-refractivity contribution in [3.8, 4) is 5.75 Å². The summed E-state index contributed by atoms with van der Waals surface area (Å²) in [4.78, 5) is 24.3. The zero-order valence-corrected chi connectivity index (χ0v) is 13.8. The van der Waals surface area contributed by atoms with E-state index in [1.807, 2.05) is 31.2 Å². The lowest BCUT2D eigenvalue weighted by molar-refractivity contribution is -0.385. The van der Waals surface area contributed by atoms with Crippen molar-refractivity contribution in [2.75, 3.05) is 6.61 Å². The second-order valence-corrected chi connectivity index (χ2v) is 6.14. The minimum Gasteiger partial charge on any atom is -0.492 e. The van der Waals surface area contributed by atoms with E-state index in [-0.39, 0.29) is 17.3 Å². The Balaban J connectivity index is 1.90. The van der Waals surface area contributed by atoms with Crippen LogP contribution in [0, 0.1) is 10.1 Å². The average molecular weight is 341 g/mol. The molecule has 2 aromatic carbocycles. The number of nitrogens with two attached hydrogens (primary N) is 1. The van der Waals surface area contributed by atoms with Gasteiger partial charge in [-0.1, -0.05) is 24.3 Å². The van der Waals surface area contributed by atoms with Crippen LogP contribution in [0.2, 0.25) is 0 Å². The van der Waals surface area contributed by atoms with E-state index < -0.39 is 10.8 Å². The molecule has 1 amide bonds. The van der Waals surface area contributed by atoms with Gasteiger partial charge in [0.05, 0.1) is 4.92 Å². The number of amides is 1. The largest absolute Gasteiger partial charge is 0.492 e. The number of hydrogen-bond acceptors (Lipinski definition) is 5. The van der Waals surface area contributed by atoms with Gasteiger partial charge in [-0.2, -0.15) is 0 Å². The first-order valence-corrected chi connectivity index (χ1v) is 7.97. The van der Waals surface area contributed by atoms with E-state index in [2.05, 4.69) is 4.90 Å². The topological polar surface area (TPSA) is 98.7 Å². The van der Waals surface area contributed by atoms with Gasteiger partial charge in [0.15, 0.2) is 0 Å². The molecule has 1 aliphatic heterocycles. The van der Waals surface area contributed by atoms with E-state index in [1.165, 1.54) is 12.1 Å². The number of benzene rings is 2. The van der Waals surface area contributed by atoms with E-state index in [0.29, 0.717) is 25.3 Å². The van der Waals surface area contributed by atoms with Gasteiger partial charge in [0.1, 0.15) is 12.4 Å². The summed E-state index contributed by atoms with van der Waals surface area (Å²) in [6.45, 7) is 3.54. The molecule has 1 heterocycles. The van der Waals surface area contributed by atoms with Gasteiger partial charge < -0.3 is 10.5 Å². The third kappa shape index (κ3) is 3.61. The molecule has 25 heavy (non-hydrogen) atoms. The van der Waals surface area contributed by atoms with Crippen molar-refractivity contribution in [2.24, 2.45) is 5.73 Å². The van der Waals surface area contributed by atoms with Crippen LogP contribution in [0.3, 0.4) is 0 Å². The molecule has 0 radical (unpaired) electrons. The summed E-state index contributed by atoms with van der Waals surface area (Å²) in [6, 6.07) is 12.2. The van der Waals surface area contributed by atoms with Crippen LogP contribution >= 0.6 is 0 Å². The molecule has 7 heteroatoms. The van der Waals surface area contributed by atoms with Crippen LogP contribution in [-0.4, -0.2) is 28.4 Å². The number of fused-ring (bicyclic) bond motifs is 1. The minimum absolute atomic E-state index is 0.0859. The summed E-state index contributed by atoms with van der Waals surface area (Å²) in [5, 5.41) is 11.4. The van der Waals surface area contributed by atoms with Crippen molar-refractivity contribution in [1.29, 1.82) is 0 Å². The molecular formula is C18H19N3O4. The zero-order chi connectivity index (χ0) is 18.0. The molecule has 1 atom stereocenters. The first-order chi connectivity index (χ1) is 12.0. The molecule has 0 saturated heterocycles. The maximum Gasteiger partial charge on any atom is 0.274 e. The Kier molecular flexibility index (Phi) is 4.67. The first-order valence-electron chi connectivity index (χ1n) is 7.97. The SMILES string of the molecule is CC1COc2ccccc2CN1Cc1ccc(C(N)=O)cc1[N+](=O)[O-]. The predicted molar refractivity (Wildman–Crippen MR) is 92.3 cm³/mol. The lowest BCUT2D eigenvalue weighted by Crippen LogP contribution is -2.34. The summed E-state index contributed by atoms with van der Waals surface area (Å²) in [5.41, 5.74) is 6.85. The molecule has 1 unspecified atom stereocenters. The highest BCUT2D eigenvalue weighted by Gasteiger charge is 2.25. The quantitative estimate of drug-likeness (QED) is 0.680. The van der Waals surface area contributed by atoms with E-state index in [4.69, 9.17) is 10.5 Å². The first kappa shape index (κ1) is 16.9. The molecule has 7 nitrogen and oxygen atoms in total. The normalized spacial score (nSPS) is 17.2. The third-order valence-corrected chi connectivity index (χ3v) is 4.39. The number of ether oxygens (including phenoxy) is 1. The summed E-state index contributed by atoms with van der Waals surface area (Å²) in [7, 11) is 0. The van der Waals surface area contributed by atoms with E-state index in [0.717, 1.165) is 11.3 Å². The molecule has 1 aliphatic rings. The number of nitrogens with zero attached hydrogens (tertiary/aromatic N) is 2. The van der Waals surface area contributed by atoms with Gasteiger partial charge in [-0.05, 0) is 19.1 Å². The summed E-state index contributed by atoms with van der Waals surface area (Å²) in [6.07, 6.45) is 0. The highest BCUT2D eigenvalue weighted by molar-refractivity contribution is 5.93. The van der Waals surface area contributed by atoms with Gasteiger partial charge >= 0.3 is 0 Å². The van der Waals surface area contributed by atoms with Gasteiger partial charge in [0.25, 0.3) is 5.69 Å². The van der Waals surface area contributed by atoms with Gasteiger partial charge in [-0.25, -0.2) is 0 Å². The van der Waals surface area contributed by atoms with Gasteiger partial charge in [-0.3, -0.25) is 19.8 Å². The Morgan fingerprint density at radius 1 is 1.36 bits per heavy atom. The molecule has 0 fully saturated rings. The van der Waals surface area contributed by atoms with E-state index in [9.17, 15) is 14.9 Å². The molecule has 0 bridgehead atoms. The molecule has 2 aromatic rings. The van der Waals surface area contributed by atoms with Gasteiger partial charge in [0.2, 0.25) is 5.91 Å². The fraction of sp³-hybridized carbons (Fsp3) is 0.278. The van der Waals surface area contributed by atoms with Crippen LogP contribution in [0.15, 0.2) is 42.5 Å². The second kappa shape index (κ2) is 6.90. The average Bonchev–Trinajstić information content (AvgIpc) is 2.74. The molecular weight excluding hydrogens is 322 g/mol. The van der Waals surface area contributed by atoms with Crippen LogP contribution in [-0.2, 0) is 13.1 Å². The monoisotopic (exact) mass is 341 g/mol. The molecule has 2 N–H and O–H groups in total. The zero-order valence-electron chi connectivity index (χ0n) is 13.8. The van der Waals surface area contributed by atoms with Crippen molar-refractivity contribution >= 4 is 11.6 Å². The van der Waals surface area contributed by atoms with E-state index in [1.54, 1.807) is 6.07 Å². The van der Waals surface area contributed by atoms with Gasteiger partial charge in [-0.15, -0.1) is 0 Å². The molecule has 3 rings (SSSR count). The van der Waals surface area contributed by atoms with Crippen molar-refractivity contribution in [3.05, 3.63) is 69.3 Å². The number of nitro groups is 1. The highest BCUT2D eigenvalue weighted by Crippen LogP contribution is 2.28. The summed E-state index contributed by atoms with van der Waals surface area (Å²) < 4.78 is 5.82. The van der Waals surface area contributed by atoms with Crippen LogP contribution < -0.4 is 10.5 Å². The maximum atomic E-state index is 11.4. The van der Waals surface area contributed by atoms with Crippen LogP contribution in [0.4, 0.5) is 5.69 Å². The minimum atomic E-state index is -0.680. The van der Waals surface area contributed by atoms with Crippen LogP contribution in [0.25, 0.3) is 0 Å². The van der Waals surface area contributed by atoms with Crippen LogP contribution in [0.5, 0.6) is 5.75 Å². The highest BCUT2D eigenvalue weighted by atomic mass is 16.6. The number of carbonyl (C=O) groups excluding carboxylic acids is 1. The fourth-order valence-corrected chi connectivity index (χ4v) is 2.92. The Labute approximate surface area is 145 Å². The van der Waals surface area contributed by atoms with Crippen molar-refractivity contribution in [1.82, 2.24) is 4.90 Å². The lowest BCUT2D eigenvalue weighted by Gasteiger charge is -2.26. The van der Waals surface area contributed by atoms with Gasteiger partial charge in [0, 0.05) is 41.9 Å². The molecule has 0 aromatic heterocycles. The third-order valence-electron chi connectivity index (χ3n) is 4.39. The summed E-state index contributed by atoms with van der Waals surface area (Å²) in [5.74, 6) is 0.163. The Hall–Kier alpha value is -2.93. The molecule has 0 spiro atoms. The smallest absolute Gasteiger partial charge is 0.274 e. The van der Waals surface area contributed by atoms with Crippen molar-refractivity contribution in [3.63, 3.8) is 0 Å². The molecule has 130 valence electrons. The number of rotatable bonds is 4. The van der Waals surface area contributed by atoms with Crippen LogP contribution in [0.1, 0.15) is 28.4 Å². The Morgan fingerprint density at radius 2 is 2.12 bits per heavy atom. The molecule has 0 saturated carbocycles. The number of para-hydroxylation sites is 1. The maximum absolute atomic E-state index is 11.4. The number of primary amides is 1. The molecule has 0 aliphatic carbocycles. The van der Waals surface area contributed by atoms with Crippen molar-refractivity contribution in [2.45, 2.75) is 26.1 Å². The lowest BCUT2D eigenvalue weighted by atomic mass is 10.1. The Morgan fingerprint density at radius 3 is 2.84 bits per heavy atom.